The third-order valence-corrected chi connectivity index (χ3v) is 5.09. The summed E-state index contributed by atoms with van der Waals surface area (Å²) in [6.07, 6.45) is 0. The smallest absolute Gasteiger partial charge is 0.271 e. The standard InChI is InChI=1S/C10H17N3O4S2/c1-3-13(4-2)19(16,17)12-9-5-7-10(8-6-9)18(11,14)15/h5-8,12H,3-4H2,1-2H3,(H2,11,14,15). The minimum Gasteiger partial charge on any atom is -0.271 e. The molecule has 0 aliphatic carbocycles. The SMILES string of the molecule is CCN(CC)S(=O)(=O)Nc1ccc(S(N)(=O)=O)cc1. The number of nitrogens with one attached hydrogen (secondary N) is 1. The van der Waals surface area contributed by atoms with Crippen LogP contribution in [-0.2, 0) is 20.2 Å². The van der Waals surface area contributed by atoms with Crippen LogP contribution in [0.25, 0.3) is 0 Å². The molecule has 0 saturated heterocycles. The first kappa shape index (κ1) is 15.9. The van der Waals surface area contributed by atoms with E-state index in [0.717, 1.165) is 0 Å². The van der Waals surface area contributed by atoms with E-state index in [2.05, 4.69) is 4.72 Å². The number of primary sulfonamides is 1. The normalized spacial score (nSPS) is 12.6. The molecule has 7 nitrogen and oxygen atoms in total. The molecule has 1 rings (SSSR count). The fourth-order valence-corrected chi connectivity index (χ4v) is 3.25. The number of rotatable bonds is 6. The number of nitrogens with two attached hydrogens (primary N) is 1. The van der Waals surface area contributed by atoms with E-state index in [0.29, 0.717) is 13.1 Å². The second kappa shape index (κ2) is 5.87. The van der Waals surface area contributed by atoms with E-state index in [9.17, 15) is 16.8 Å². The highest BCUT2D eigenvalue weighted by Crippen LogP contribution is 2.15. The molecule has 0 atom stereocenters. The first-order valence-electron chi connectivity index (χ1n) is 5.61. The van der Waals surface area contributed by atoms with Crippen molar-refractivity contribution < 1.29 is 16.8 Å². The van der Waals surface area contributed by atoms with Gasteiger partial charge in [0.05, 0.1) is 4.90 Å². The average molecular weight is 307 g/mol. The largest absolute Gasteiger partial charge is 0.301 e. The Hall–Kier alpha value is -1.16. The molecule has 0 aliphatic heterocycles. The minimum absolute atomic E-state index is 0.0710. The lowest BCUT2D eigenvalue weighted by atomic mass is 10.3. The summed E-state index contributed by atoms with van der Waals surface area (Å²) in [4.78, 5) is -0.0710. The maximum atomic E-state index is 11.9. The van der Waals surface area contributed by atoms with Crippen LogP contribution < -0.4 is 9.86 Å². The van der Waals surface area contributed by atoms with Gasteiger partial charge in [-0.05, 0) is 24.3 Å². The van der Waals surface area contributed by atoms with Gasteiger partial charge in [0.15, 0.2) is 0 Å². The maximum Gasteiger partial charge on any atom is 0.301 e. The van der Waals surface area contributed by atoms with Crippen LogP contribution in [0.15, 0.2) is 29.2 Å². The molecule has 0 spiro atoms. The van der Waals surface area contributed by atoms with Gasteiger partial charge in [0.2, 0.25) is 10.0 Å². The van der Waals surface area contributed by atoms with Gasteiger partial charge in [0.1, 0.15) is 0 Å². The lowest BCUT2D eigenvalue weighted by molar-refractivity contribution is 0.449. The molecule has 0 unspecified atom stereocenters. The van der Waals surface area contributed by atoms with Crippen molar-refractivity contribution in [3.05, 3.63) is 24.3 Å². The van der Waals surface area contributed by atoms with Crippen molar-refractivity contribution in [1.82, 2.24) is 4.31 Å². The van der Waals surface area contributed by atoms with Crippen LogP contribution in [0, 0.1) is 0 Å². The van der Waals surface area contributed by atoms with Gasteiger partial charge in [-0.2, -0.15) is 12.7 Å². The van der Waals surface area contributed by atoms with Gasteiger partial charge < -0.3 is 0 Å². The van der Waals surface area contributed by atoms with E-state index in [1.165, 1.54) is 28.6 Å². The van der Waals surface area contributed by atoms with E-state index in [1.54, 1.807) is 13.8 Å². The van der Waals surface area contributed by atoms with Gasteiger partial charge in [-0.15, -0.1) is 0 Å². The lowest BCUT2D eigenvalue weighted by Gasteiger charge is -2.19. The van der Waals surface area contributed by atoms with Gasteiger partial charge in [-0.25, -0.2) is 13.6 Å². The Balaban J connectivity index is 2.96. The molecule has 0 fully saturated rings. The summed E-state index contributed by atoms with van der Waals surface area (Å²) in [7, 11) is -7.40. The number of hydrogen-bond acceptors (Lipinski definition) is 4. The highest BCUT2D eigenvalue weighted by atomic mass is 32.2. The Morgan fingerprint density at radius 3 is 1.89 bits per heavy atom. The fraction of sp³-hybridized carbons (Fsp3) is 0.400. The molecular weight excluding hydrogens is 290 g/mol. The van der Waals surface area contributed by atoms with Crippen molar-refractivity contribution in [2.75, 3.05) is 17.8 Å². The van der Waals surface area contributed by atoms with Crippen LogP contribution in [-0.4, -0.2) is 34.2 Å². The van der Waals surface area contributed by atoms with E-state index in [1.807, 2.05) is 0 Å². The van der Waals surface area contributed by atoms with Crippen molar-refractivity contribution in [2.45, 2.75) is 18.7 Å². The van der Waals surface area contributed by atoms with E-state index in [-0.39, 0.29) is 10.6 Å². The molecule has 3 N–H and O–H groups in total. The third-order valence-electron chi connectivity index (χ3n) is 2.48. The predicted molar refractivity (Wildman–Crippen MR) is 73.3 cm³/mol. The highest BCUT2D eigenvalue weighted by molar-refractivity contribution is 7.90. The van der Waals surface area contributed by atoms with Crippen molar-refractivity contribution in [2.24, 2.45) is 5.14 Å². The topological polar surface area (TPSA) is 110 Å². The van der Waals surface area contributed by atoms with Gasteiger partial charge in [0, 0.05) is 18.8 Å². The van der Waals surface area contributed by atoms with Crippen LogP contribution in [0.5, 0.6) is 0 Å². The molecule has 1 aromatic carbocycles. The Kier molecular flexibility index (Phi) is 4.91. The Labute approximate surface area is 113 Å². The van der Waals surface area contributed by atoms with Crippen LogP contribution in [0.2, 0.25) is 0 Å². The second-order valence-electron chi connectivity index (χ2n) is 3.76. The molecule has 0 aromatic heterocycles. The first-order chi connectivity index (χ1) is 8.70. The predicted octanol–water partition coefficient (Wildman–Crippen LogP) is 0.333. The quantitative estimate of drug-likeness (QED) is 0.789. The van der Waals surface area contributed by atoms with Gasteiger partial charge in [0.25, 0.3) is 0 Å². The highest BCUT2D eigenvalue weighted by Gasteiger charge is 2.18. The first-order valence-corrected chi connectivity index (χ1v) is 8.60. The summed E-state index contributed by atoms with van der Waals surface area (Å²) in [5.41, 5.74) is 0.277. The van der Waals surface area contributed by atoms with E-state index in [4.69, 9.17) is 5.14 Å². The van der Waals surface area contributed by atoms with Crippen molar-refractivity contribution in [3.8, 4) is 0 Å². The molecule has 9 heteroatoms. The summed E-state index contributed by atoms with van der Waals surface area (Å²) in [6.45, 7) is 4.15. The molecule has 1 aromatic rings. The monoisotopic (exact) mass is 307 g/mol. The molecule has 0 amide bonds. The minimum atomic E-state index is -3.78. The van der Waals surface area contributed by atoms with Gasteiger partial charge in [-0.1, -0.05) is 13.8 Å². The maximum absolute atomic E-state index is 11.9. The van der Waals surface area contributed by atoms with Crippen molar-refractivity contribution in [3.63, 3.8) is 0 Å². The number of anilines is 1. The molecular formula is C10H17N3O4S2. The molecule has 19 heavy (non-hydrogen) atoms. The summed E-state index contributed by atoms with van der Waals surface area (Å²) in [5.74, 6) is 0. The van der Waals surface area contributed by atoms with Crippen LogP contribution in [0.1, 0.15) is 13.8 Å². The molecule has 0 saturated carbocycles. The molecule has 0 radical (unpaired) electrons. The van der Waals surface area contributed by atoms with Gasteiger partial charge >= 0.3 is 10.2 Å². The van der Waals surface area contributed by atoms with Gasteiger partial charge in [-0.3, -0.25) is 4.72 Å². The van der Waals surface area contributed by atoms with Crippen LogP contribution >= 0.6 is 0 Å². The zero-order valence-electron chi connectivity index (χ0n) is 10.7. The van der Waals surface area contributed by atoms with Crippen molar-refractivity contribution in [1.29, 1.82) is 0 Å². The molecule has 0 heterocycles. The fourth-order valence-electron chi connectivity index (χ4n) is 1.49. The summed E-state index contributed by atoms with van der Waals surface area (Å²) in [5, 5.41) is 4.95. The third kappa shape index (κ3) is 4.16. The number of hydrogen-bond donors (Lipinski definition) is 2. The summed E-state index contributed by atoms with van der Waals surface area (Å²) < 4.78 is 49.6. The molecule has 0 aliphatic rings. The van der Waals surface area contributed by atoms with Crippen LogP contribution in [0.3, 0.4) is 0 Å². The van der Waals surface area contributed by atoms with Crippen LogP contribution in [0.4, 0.5) is 5.69 Å². The second-order valence-corrected chi connectivity index (χ2v) is 6.99. The number of sulfonamides is 1. The Morgan fingerprint density at radius 1 is 1.05 bits per heavy atom. The summed E-state index contributed by atoms with van der Waals surface area (Å²) >= 11 is 0. The average Bonchev–Trinajstić information content (AvgIpc) is 2.29. The summed E-state index contributed by atoms with van der Waals surface area (Å²) in [6, 6.07) is 5.19. The lowest BCUT2D eigenvalue weighted by Crippen LogP contribution is -2.35. The van der Waals surface area contributed by atoms with E-state index >= 15 is 0 Å². The zero-order chi connectivity index (χ0) is 14.7. The van der Waals surface area contributed by atoms with E-state index < -0.39 is 20.2 Å². The number of benzene rings is 1. The molecule has 108 valence electrons. The Bertz CT molecular complexity index is 619. The number of nitrogens with zero attached hydrogens (tertiary/aromatic N) is 1. The molecule has 0 bridgehead atoms. The van der Waals surface area contributed by atoms with Crippen molar-refractivity contribution >= 4 is 25.9 Å². The zero-order valence-corrected chi connectivity index (χ0v) is 12.3. The Morgan fingerprint density at radius 2 is 1.53 bits per heavy atom.